The fourth-order valence-electron chi connectivity index (χ4n) is 4.32. The van der Waals surface area contributed by atoms with Gasteiger partial charge in [-0.1, -0.05) is 37.8 Å². The first-order valence-corrected chi connectivity index (χ1v) is 13.5. The Kier molecular flexibility index (Phi) is 7.45. The molecule has 0 saturated carbocycles. The zero-order valence-electron chi connectivity index (χ0n) is 20.3. The van der Waals surface area contributed by atoms with E-state index in [-0.39, 0.29) is 29.0 Å². The fourth-order valence-corrected chi connectivity index (χ4v) is 5.21. The first-order valence-electron chi connectivity index (χ1n) is 11.8. The predicted octanol–water partition coefficient (Wildman–Crippen LogP) is 5.94. The number of amides is 1. The second-order valence-corrected chi connectivity index (χ2v) is 11.3. The second kappa shape index (κ2) is 10.4. The molecule has 0 spiro atoms. The van der Waals surface area contributed by atoms with E-state index in [2.05, 4.69) is 11.9 Å². The molecule has 37 heavy (non-hydrogen) atoms. The third kappa shape index (κ3) is 6.05. The van der Waals surface area contributed by atoms with Gasteiger partial charge in [0.15, 0.2) is 9.84 Å². The highest BCUT2D eigenvalue weighted by molar-refractivity contribution is 7.91. The Hall–Kier alpha value is -3.59. The Morgan fingerprint density at radius 2 is 1.62 bits per heavy atom. The summed E-state index contributed by atoms with van der Waals surface area (Å²) in [5, 5.41) is 2.83. The molecule has 1 aliphatic rings. The summed E-state index contributed by atoms with van der Waals surface area (Å²) in [5.74, 6) is -0.212. The summed E-state index contributed by atoms with van der Waals surface area (Å²) in [6.07, 6.45) is -3.73. The van der Waals surface area contributed by atoms with Crippen molar-refractivity contribution in [2.24, 2.45) is 0 Å². The van der Waals surface area contributed by atoms with Gasteiger partial charge < -0.3 is 10.2 Å². The largest absolute Gasteiger partial charge is 0.416 e. The molecule has 1 amide bonds. The van der Waals surface area contributed by atoms with E-state index < -0.39 is 21.6 Å². The molecule has 1 N–H and O–H groups in total. The lowest BCUT2D eigenvalue weighted by atomic mass is 9.97. The van der Waals surface area contributed by atoms with Crippen LogP contribution in [0.1, 0.15) is 46.3 Å². The van der Waals surface area contributed by atoms with Crippen LogP contribution < -0.4 is 10.2 Å². The van der Waals surface area contributed by atoms with Crippen LogP contribution in [0.4, 0.5) is 18.9 Å². The highest BCUT2D eigenvalue weighted by Crippen LogP contribution is 2.38. The molecule has 9 heteroatoms. The Morgan fingerprint density at radius 3 is 2.19 bits per heavy atom. The van der Waals surface area contributed by atoms with E-state index >= 15 is 0 Å². The summed E-state index contributed by atoms with van der Waals surface area (Å²) in [4.78, 5) is 14.9. The fraction of sp³-hybridized carbons (Fsp3) is 0.250. The number of rotatable bonds is 7. The molecule has 1 atom stereocenters. The molecule has 4 rings (SSSR count). The average Bonchev–Trinajstić information content (AvgIpc) is 3.28. The van der Waals surface area contributed by atoms with Crippen molar-refractivity contribution >= 4 is 21.4 Å². The molecule has 194 valence electrons. The summed E-state index contributed by atoms with van der Waals surface area (Å²) in [6, 6.07) is 18.7. The van der Waals surface area contributed by atoms with Crippen LogP contribution in [-0.4, -0.2) is 26.6 Å². The Bertz CT molecular complexity index is 1380. The van der Waals surface area contributed by atoms with Crippen molar-refractivity contribution in [3.05, 3.63) is 107 Å². The number of halogens is 3. The highest BCUT2D eigenvalue weighted by Gasteiger charge is 2.32. The summed E-state index contributed by atoms with van der Waals surface area (Å²) in [7, 11) is -3.27. The van der Waals surface area contributed by atoms with Crippen molar-refractivity contribution < 1.29 is 26.4 Å². The summed E-state index contributed by atoms with van der Waals surface area (Å²) in [5.41, 5.74) is 3.12. The van der Waals surface area contributed by atoms with Crippen molar-refractivity contribution in [3.63, 3.8) is 0 Å². The van der Waals surface area contributed by atoms with Gasteiger partial charge in [-0.2, -0.15) is 13.2 Å². The van der Waals surface area contributed by atoms with Crippen molar-refractivity contribution in [2.75, 3.05) is 17.2 Å². The predicted molar refractivity (Wildman–Crippen MR) is 137 cm³/mol. The average molecular weight is 529 g/mol. The van der Waals surface area contributed by atoms with Gasteiger partial charge in [0.1, 0.15) is 0 Å². The quantitative estimate of drug-likeness (QED) is 0.413. The van der Waals surface area contributed by atoms with Crippen molar-refractivity contribution in [3.8, 4) is 0 Å². The van der Waals surface area contributed by atoms with Crippen LogP contribution in [0.25, 0.3) is 0 Å². The Balaban J connectivity index is 1.36. The van der Waals surface area contributed by atoms with Gasteiger partial charge in [0.25, 0.3) is 5.91 Å². The van der Waals surface area contributed by atoms with Gasteiger partial charge >= 0.3 is 6.18 Å². The van der Waals surface area contributed by atoms with Gasteiger partial charge in [-0.25, -0.2) is 8.42 Å². The first kappa shape index (κ1) is 26.5. The first-order chi connectivity index (χ1) is 17.5. The van der Waals surface area contributed by atoms with Gasteiger partial charge in [0, 0.05) is 36.0 Å². The normalized spacial score (nSPS) is 16.2. The van der Waals surface area contributed by atoms with E-state index in [0.29, 0.717) is 18.5 Å². The molecule has 1 fully saturated rings. The maximum absolute atomic E-state index is 12.9. The van der Waals surface area contributed by atoms with E-state index in [0.717, 1.165) is 34.6 Å². The number of carbonyl (C=O) groups excluding carboxylic acids is 1. The zero-order valence-corrected chi connectivity index (χ0v) is 21.1. The number of hydrogen-bond donors (Lipinski definition) is 1. The van der Waals surface area contributed by atoms with E-state index in [1.54, 1.807) is 31.2 Å². The topological polar surface area (TPSA) is 66.5 Å². The molecule has 1 saturated heterocycles. The van der Waals surface area contributed by atoms with E-state index in [9.17, 15) is 26.4 Å². The SMILES string of the molecule is C=C1CC(c2ccc(C(F)(F)F)cc2)CN1c1ccc(C(=O)NCc2ccc(S(=O)(=O)CC)cc2)cc1. The molecule has 3 aromatic carbocycles. The molecule has 1 heterocycles. The Morgan fingerprint density at radius 1 is 1.00 bits per heavy atom. The van der Waals surface area contributed by atoms with E-state index in [4.69, 9.17) is 0 Å². The number of anilines is 1. The standard InChI is InChI=1S/C28H27F3N2O3S/c1-3-37(35,36)26-14-4-20(5-15-26)17-32-27(34)22-8-12-25(13-9-22)33-18-23(16-19(33)2)21-6-10-24(11-7-21)28(29,30)31/h4-15,23H,2-3,16-18H2,1H3,(H,32,34). The highest BCUT2D eigenvalue weighted by atomic mass is 32.2. The molecule has 0 aromatic heterocycles. The van der Waals surface area contributed by atoms with Gasteiger partial charge in [0.05, 0.1) is 16.2 Å². The van der Waals surface area contributed by atoms with Crippen LogP contribution in [0.2, 0.25) is 0 Å². The van der Waals surface area contributed by atoms with Crippen LogP contribution in [0.5, 0.6) is 0 Å². The zero-order chi connectivity index (χ0) is 26.8. The molecule has 1 aliphatic heterocycles. The molecular weight excluding hydrogens is 501 g/mol. The van der Waals surface area contributed by atoms with Crippen LogP contribution in [0, 0.1) is 0 Å². The van der Waals surface area contributed by atoms with Crippen LogP contribution in [-0.2, 0) is 22.6 Å². The van der Waals surface area contributed by atoms with Gasteiger partial charge in [-0.05, 0) is 66.1 Å². The smallest absolute Gasteiger partial charge is 0.348 e. The van der Waals surface area contributed by atoms with Crippen molar-refractivity contribution in [2.45, 2.75) is 36.9 Å². The molecule has 1 unspecified atom stereocenters. The summed E-state index contributed by atoms with van der Waals surface area (Å²) >= 11 is 0. The van der Waals surface area contributed by atoms with Gasteiger partial charge in [-0.15, -0.1) is 0 Å². The van der Waals surface area contributed by atoms with Crippen molar-refractivity contribution in [1.82, 2.24) is 5.32 Å². The molecule has 0 bridgehead atoms. The Labute approximate surface area is 214 Å². The number of allylic oxidation sites excluding steroid dienone is 1. The van der Waals surface area contributed by atoms with Crippen molar-refractivity contribution in [1.29, 1.82) is 0 Å². The monoisotopic (exact) mass is 528 g/mol. The third-order valence-electron chi connectivity index (χ3n) is 6.53. The van der Waals surface area contributed by atoms with E-state index in [1.807, 2.05) is 17.0 Å². The minimum Gasteiger partial charge on any atom is -0.348 e. The minimum atomic E-state index is -4.36. The number of sulfone groups is 1. The van der Waals surface area contributed by atoms with E-state index in [1.165, 1.54) is 24.3 Å². The van der Waals surface area contributed by atoms with Crippen LogP contribution in [0.15, 0.2) is 90.0 Å². The molecule has 0 radical (unpaired) electrons. The summed E-state index contributed by atoms with van der Waals surface area (Å²) in [6.45, 7) is 6.55. The lowest BCUT2D eigenvalue weighted by Gasteiger charge is -2.20. The molecule has 5 nitrogen and oxygen atoms in total. The minimum absolute atomic E-state index is 0.0245. The van der Waals surface area contributed by atoms with Crippen LogP contribution in [0.3, 0.4) is 0 Å². The summed E-state index contributed by atoms with van der Waals surface area (Å²) < 4.78 is 62.4. The van der Waals surface area contributed by atoms with Crippen LogP contribution >= 0.6 is 0 Å². The number of carbonyl (C=O) groups is 1. The number of hydrogen-bond acceptors (Lipinski definition) is 4. The lowest BCUT2D eigenvalue weighted by Crippen LogP contribution is -2.23. The van der Waals surface area contributed by atoms with Gasteiger partial charge in [0.2, 0.25) is 0 Å². The maximum Gasteiger partial charge on any atom is 0.416 e. The number of nitrogens with one attached hydrogen (secondary N) is 1. The third-order valence-corrected chi connectivity index (χ3v) is 8.28. The number of alkyl halides is 3. The molecule has 0 aliphatic carbocycles. The number of benzene rings is 3. The lowest BCUT2D eigenvalue weighted by molar-refractivity contribution is -0.137. The molecule has 3 aromatic rings. The van der Waals surface area contributed by atoms with Gasteiger partial charge in [-0.3, -0.25) is 4.79 Å². The maximum atomic E-state index is 12.9. The molecular formula is C28H27F3N2O3S. The number of nitrogens with zero attached hydrogens (tertiary/aromatic N) is 1. The second-order valence-electron chi connectivity index (χ2n) is 8.97.